The van der Waals surface area contributed by atoms with Gasteiger partial charge >= 0.3 is 6.43 Å². The van der Waals surface area contributed by atoms with Crippen molar-refractivity contribution in [1.82, 2.24) is 20.1 Å². The molecule has 4 rings (SSSR count). The Morgan fingerprint density at radius 3 is 2.59 bits per heavy atom. The van der Waals surface area contributed by atoms with Crippen molar-refractivity contribution in [1.29, 1.82) is 0 Å². The predicted molar refractivity (Wildman–Crippen MR) is 87.2 cm³/mol. The van der Waals surface area contributed by atoms with E-state index in [-0.39, 0.29) is 29.2 Å². The van der Waals surface area contributed by atoms with Crippen molar-refractivity contribution in [3.8, 4) is 11.5 Å². The maximum Gasteiger partial charge on any atom is 0.314 e. The molecule has 9 heteroatoms. The van der Waals surface area contributed by atoms with E-state index in [9.17, 15) is 18.0 Å². The third-order valence-electron chi connectivity index (χ3n) is 4.48. The van der Waals surface area contributed by atoms with Gasteiger partial charge in [0.15, 0.2) is 0 Å². The highest BCUT2D eigenvalue weighted by atomic mass is 19.3. The molecular weight excluding hydrogens is 361 g/mol. The van der Waals surface area contributed by atoms with E-state index in [1.807, 2.05) is 6.92 Å². The van der Waals surface area contributed by atoms with Crippen molar-refractivity contribution >= 4 is 5.91 Å². The van der Waals surface area contributed by atoms with Gasteiger partial charge in [0.25, 0.3) is 11.8 Å². The standard InChI is InChI=1S/C18H13F3N4O2/c1-9(10-2-4-12(19)5-3-10)25-8-14-13(18(25)26)6-11(7-22-14)16-23-24-17(27-16)15(20)21/h2-7,9,15H,8H2,1H3. The van der Waals surface area contributed by atoms with E-state index in [4.69, 9.17) is 4.42 Å². The van der Waals surface area contributed by atoms with Crippen LogP contribution in [-0.4, -0.2) is 26.0 Å². The number of fused-ring (bicyclic) bond motifs is 1. The van der Waals surface area contributed by atoms with Crippen molar-refractivity contribution in [2.45, 2.75) is 25.9 Å². The minimum absolute atomic E-state index is 0.126. The van der Waals surface area contributed by atoms with Gasteiger partial charge < -0.3 is 9.32 Å². The average Bonchev–Trinajstić information content (AvgIpc) is 3.27. The lowest BCUT2D eigenvalue weighted by Crippen LogP contribution is -2.27. The summed E-state index contributed by atoms with van der Waals surface area (Å²) in [6.45, 7) is 2.13. The number of halogens is 3. The number of benzene rings is 1. The molecule has 0 aliphatic carbocycles. The lowest BCUT2D eigenvalue weighted by molar-refractivity contribution is 0.0715. The van der Waals surface area contributed by atoms with Crippen molar-refractivity contribution in [2.24, 2.45) is 0 Å². The Morgan fingerprint density at radius 1 is 1.19 bits per heavy atom. The molecule has 1 unspecified atom stereocenters. The number of hydrogen-bond donors (Lipinski definition) is 0. The lowest BCUT2D eigenvalue weighted by atomic mass is 10.1. The second-order valence-corrected chi connectivity index (χ2v) is 6.12. The Labute approximate surface area is 151 Å². The van der Waals surface area contributed by atoms with Gasteiger partial charge in [-0.15, -0.1) is 10.2 Å². The summed E-state index contributed by atoms with van der Waals surface area (Å²) in [6.07, 6.45) is -1.47. The van der Waals surface area contributed by atoms with E-state index in [2.05, 4.69) is 15.2 Å². The zero-order chi connectivity index (χ0) is 19.1. The third-order valence-corrected chi connectivity index (χ3v) is 4.48. The molecule has 3 heterocycles. The van der Waals surface area contributed by atoms with Crippen LogP contribution < -0.4 is 0 Å². The van der Waals surface area contributed by atoms with Crippen molar-refractivity contribution in [2.75, 3.05) is 0 Å². The summed E-state index contributed by atoms with van der Waals surface area (Å²) in [5.41, 5.74) is 1.98. The quantitative estimate of drug-likeness (QED) is 0.692. The van der Waals surface area contributed by atoms with Gasteiger partial charge in [0.2, 0.25) is 5.89 Å². The fourth-order valence-corrected chi connectivity index (χ4v) is 2.98. The van der Waals surface area contributed by atoms with Crippen LogP contribution in [0, 0.1) is 5.82 Å². The lowest BCUT2D eigenvalue weighted by Gasteiger charge is -2.24. The molecule has 138 valence electrons. The van der Waals surface area contributed by atoms with Crippen LogP contribution in [0.4, 0.5) is 13.2 Å². The minimum Gasteiger partial charge on any atom is -0.415 e. The molecule has 0 bridgehead atoms. The van der Waals surface area contributed by atoms with Crippen LogP contribution in [0.1, 0.15) is 46.9 Å². The summed E-state index contributed by atoms with van der Waals surface area (Å²) in [4.78, 5) is 18.6. The number of alkyl halides is 2. The van der Waals surface area contributed by atoms with E-state index >= 15 is 0 Å². The summed E-state index contributed by atoms with van der Waals surface area (Å²) < 4.78 is 43.2. The number of aromatic nitrogens is 3. The van der Waals surface area contributed by atoms with Gasteiger partial charge in [0.1, 0.15) is 5.82 Å². The molecular formula is C18H13F3N4O2. The highest BCUT2D eigenvalue weighted by Gasteiger charge is 2.33. The Hall–Kier alpha value is -3.23. The van der Waals surface area contributed by atoms with E-state index < -0.39 is 12.3 Å². The highest BCUT2D eigenvalue weighted by molar-refractivity contribution is 5.98. The predicted octanol–water partition coefficient (Wildman–Crippen LogP) is 3.93. The Bertz CT molecular complexity index is 1000. The van der Waals surface area contributed by atoms with Gasteiger partial charge in [-0.05, 0) is 30.7 Å². The molecule has 0 fully saturated rings. The maximum atomic E-state index is 13.1. The minimum atomic E-state index is -2.87. The molecule has 3 aromatic rings. The first-order chi connectivity index (χ1) is 12.9. The molecule has 0 radical (unpaired) electrons. The summed E-state index contributed by atoms with van der Waals surface area (Å²) in [5.74, 6) is -1.53. The number of pyridine rings is 1. The molecule has 27 heavy (non-hydrogen) atoms. The first kappa shape index (κ1) is 17.2. The van der Waals surface area contributed by atoms with E-state index in [0.29, 0.717) is 17.8 Å². The molecule has 0 saturated heterocycles. The number of carbonyl (C=O) groups excluding carboxylic acids is 1. The number of nitrogens with zero attached hydrogens (tertiary/aromatic N) is 4. The highest BCUT2D eigenvalue weighted by Crippen LogP contribution is 2.32. The van der Waals surface area contributed by atoms with Gasteiger partial charge in [-0.2, -0.15) is 8.78 Å². The van der Waals surface area contributed by atoms with Gasteiger partial charge in [-0.3, -0.25) is 9.78 Å². The zero-order valence-corrected chi connectivity index (χ0v) is 14.1. The molecule has 0 spiro atoms. The Balaban J connectivity index is 1.61. The van der Waals surface area contributed by atoms with Crippen molar-refractivity contribution < 1.29 is 22.4 Å². The van der Waals surface area contributed by atoms with Crippen LogP contribution in [0.3, 0.4) is 0 Å². The summed E-state index contributed by atoms with van der Waals surface area (Å²) >= 11 is 0. The van der Waals surface area contributed by atoms with Crippen LogP contribution in [0.15, 0.2) is 40.9 Å². The van der Waals surface area contributed by atoms with Gasteiger partial charge in [0.05, 0.1) is 29.4 Å². The smallest absolute Gasteiger partial charge is 0.314 e. The fourth-order valence-electron chi connectivity index (χ4n) is 2.98. The molecule has 6 nitrogen and oxygen atoms in total. The van der Waals surface area contributed by atoms with Crippen LogP contribution >= 0.6 is 0 Å². The van der Waals surface area contributed by atoms with Gasteiger partial charge in [-0.25, -0.2) is 4.39 Å². The normalized spacial score (nSPS) is 14.7. The van der Waals surface area contributed by atoms with Gasteiger partial charge in [0, 0.05) is 6.20 Å². The van der Waals surface area contributed by atoms with Crippen LogP contribution in [0.25, 0.3) is 11.5 Å². The fraction of sp³-hybridized carbons (Fsp3) is 0.222. The number of hydrogen-bond acceptors (Lipinski definition) is 5. The summed E-state index contributed by atoms with van der Waals surface area (Å²) in [5, 5.41) is 6.85. The second-order valence-electron chi connectivity index (χ2n) is 6.12. The van der Waals surface area contributed by atoms with Crippen LogP contribution in [0.5, 0.6) is 0 Å². The van der Waals surface area contributed by atoms with Crippen LogP contribution in [0.2, 0.25) is 0 Å². The summed E-state index contributed by atoms with van der Waals surface area (Å²) in [7, 11) is 0. The average molecular weight is 374 g/mol. The van der Waals surface area contributed by atoms with Crippen molar-refractivity contribution in [3.05, 3.63) is 65.1 Å². The molecule has 1 aliphatic rings. The van der Waals surface area contributed by atoms with E-state index in [1.54, 1.807) is 17.0 Å². The second kappa shape index (κ2) is 6.49. The Kier molecular flexibility index (Phi) is 4.14. The molecule has 0 saturated carbocycles. The Morgan fingerprint density at radius 2 is 1.93 bits per heavy atom. The number of carbonyl (C=O) groups is 1. The van der Waals surface area contributed by atoms with Gasteiger partial charge in [-0.1, -0.05) is 12.1 Å². The summed E-state index contributed by atoms with van der Waals surface area (Å²) in [6, 6.07) is 7.14. The largest absolute Gasteiger partial charge is 0.415 e. The molecule has 1 aliphatic heterocycles. The molecule has 0 N–H and O–H groups in total. The number of rotatable bonds is 4. The maximum absolute atomic E-state index is 13.1. The SMILES string of the molecule is CC(c1ccc(F)cc1)N1Cc2ncc(-c3nnc(C(F)F)o3)cc2C1=O. The molecule has 1 amide bonds. The molecule has 2 aromatic heterocycles. The topological polar surface area (TPSA) is 72.1 Å². The molecule has 1 atom stereocenters. The monoisotopic (exact) mass is 374 g/mol. The third kappa shape index (κ3) is 3.05. The molecule has 1 aromatic carbocycles. The first-order valence-corrected chi connectivity index (χ1v) is 8.11. The van der Waals surface area contributed by atoms with Crippen molar-refractivity contribution in [3.63, 3.8) is 0 Å². The van der Waals surface area contributed by atoms with E-state index in [1.165, 1.54) is 24.4 Å². The van der Waals surface area contributed by atoms with E-state index in [0.717, 1.165) is 5.56 Å². The number of amides is 1. The van der Waals surface area contributed by atoms with Crippen LogP contribution in [-0.2, 0) is 6.54 Å². The first-order valence-electron chi connectivity index (χ1n) is 8.11. The zero-order valence-electron chi connectivity index (χ0n) is 14.1.